The van der Waals surface area contributed by atoms with Crippen molar-refractivity contribution in [2.45, 2.75) is 32.2 Å². The average Bonchev–Trinajstić information content (AvgIpc) is 3.17. The molecule has 1 aromatic carbocycles. The van der Waals surface area contributed by atoms with Crippen molar-refractivity contribution in [1.29, 1.82) is 0 Å². The molecular formula is C18H17ClN6. The molecule has 1 fully saturated rings. The first-order chi connectivity index (χ1) is 12.2. The van der Waals surface area contributed by atoms with Gasteiger partial charge in [-0.3, -0.25) is 4.68 Å². The number of aromatic nitrogens is 6. The Morgan fingerprint density at radius 3 is 2.96 bits per heavy atom. The molecule has 0 saturated heterocycles. The fourth-order valence-electron chi connectivity index (χ4n) is 3.66. The van der Waals surface area contributed by atoms with Gasteiger partial charge in [-0.05, 0) is 49.4 Å². The smallest absolute Gasteiger partial charge is 0.225 e. The van der Waals surface area contributed by atoms with E-state index in [9.17, 15) is 0 Å². The van der Waals surface area contributed by atoms with Gasteiger partial charge in [0.2, 0.25) is 5.28 Å². The van der Waals surface area contributed by atoms with Crippen molar-refractivity contribution in [1.82, 2.24) is 29.7 Å². The molecule has 0 radical (unpaired) electrons. The lowest BCUT2D eigenvalue weighted by atomic mass is 9.80. The predicted molar refractivity (Wildman–Crippen MR) is 97.5 cm³/mol. The topological polar surface area (TPSA) is 72.3 Å². The van der Waals surface area contributed by atoms with Gasteiger partial charge in [0.05, 0.1) is 24.1 Å². The van der Waals surface area contributed by atoms with E-state index in [1.54, 1.807) is 6.33 Å². The summed E-state index contributed by atoms with van der Waals surface area (Å²) in [6.07, 6.45) is 7.48. The summed E-state index contributed by atoms with van der Waals surface area (Å²) in [6, 6.07) is 6.70. The van der Waals surface area contributed by atoms with Gasteiger partial charge in [-0.2, -0.15) is 10.1 Å². The van der Waals surface area contributed by atoms with Crippen LogP contribution in [0, 0.1) is 5.92 Å². The molecule has 7 heteroatoms. The second-order valence-electron chi connectivity index (χ2n) is 6.74. The second kappa shape index (κ2) is 5.52. The van der Waals surface area contributed by atoms with Gasteiger partial charge in [0.25, 0.3) is 0 Å². The molecular weight excluding hydrogens is 336 g/mol. The molecule has 3 heterocycles. The van der Waals surface area contributed by atoms with Crippen molar-refractivity contribution in [3.05, 3.63) is 36.0 Å². The van der Waals surface area contributed by atoms with Crippen molar-refractivity contribution in [3.8, 4) is 11.3 Å². The zero-order valence-electron chi connectivity index (χ0n) is 13.8. The van der Waals surface area contributed by atoms with Gasteiger partial charge in [-0.15, -0.1) is 0 Å². The highest BCUT2D eigenvalue weighted by Gasteiger charge is 2.26. The first-order valence-corrected chi connectivity index (χ1v) is 8.93. The lowest BCUT2D eigenvalue weighted by molar-refractivity contribution is 0.215. The standard InChI is InChI=1S/C18H17ClN6/c1-10(11-3-2-4-11)25-14-6-5-12(7-13(14)8-22-25)15-16-17(21-9-20-16)24-18(19)23-15/h5-11H,2-4H2,1H3,(H,20,21,23,24)/t10-/m0/s1. The zero-order valence-corrected chi connectivity index (χ0v) is 14.5. The molecule has 1 aliphatic carbocycles. The molecule has 0 spiro atoms. The molecule has 3 aromatic heterocycles. The van der Waals surface area contributed by atoms with Crippen LogP contribution in [-0.2, 0) is 0 Å². The Labute approximate surface area is 149 Å². The third-order valence-electron chi connectivity index (χ3n) is 5.34. The molecule has 25 heavy (non-hydrogen) atoms. The van der Waals surface area contributed by atoms with Crippen LogP contribution in [0.25, 0.3) is 33.3 Å². The fourth-order valence-corrected chi connectivity index (χ4v) is 3.83. The largest absolute Gasteiger partial charge is 0.329 e. The normalized spacial score (nSPS) is 16.4. The number of rotatable bonds is 3. The highest BCUT2D eigenvalue weighted by Crippen LogP contribution is 2.37. The third-order valence-corrected chi connectivity index (χ3v) is 5.51. The quantitative estimate of drug-likeness (QED) is 0.555. The first kappa shape index (κ1) is 14.8. The van der Waals surface area contributed by atoms with E-state index < -0.39 is 0 Å². The van der Waals surface area contributed by atoms with E-state index in [4.69, 9.17) is 11.6 Å². The van der Waals surface area contributed by atoms with E-state index in [0.717, 1.165) is 33.6 Å². The number of hydrogen-bond donors (Lipinski definition) is 1. The number of H-pyrrole nitrogens is 1. The maximum absolute atomic E-state index is 6.07. The molecule has 0 unspecified atom stereocenters. The minimum Gasteiger partial charge on any atom is -0.329 e. The first-order valence-electron chi connectivity index (χ1n) is 8.55. The van der Waals surface area contributed by atoms with E-state index in [1.807, 2.05) is 6.20 Å². The number of imidazole rings is 1. The summed E-state index contributed by atoms with van der Waals surface area (Å²) in [7, 11) is 0. The van der Waals surface area contributed by atoms with E-state index >= 15 is 0 Å². The second-order valence-corrected chi connectivity index (χ2v) is 7.07. The summed E-state index contributed by atoms with van der Waals surface area (Å²) >= 11 is 6.07. The van der Waals surface area contributed by atoms with Gasteiger partial charge in [-0.25, -0.2) is 9.97 Å². The summed E-state index contributed by atoms with van der Waals surface area (Å²) in [5, 5.41) is 5.95. The Bertz CT molecular complexity index is 1080. The summed E-state index contributed by atoms with van der Waals surface area (Å²) in [6.45, 7) is 2.27. The molecule has 126 valence electrons. The number of nitrogens with one attached hydrogen (secondary N) is 1. The molecule has 1 atom stereocenters. The summed E-state index contributed by atoms with van der Waals surface area (Å²) < 4.78 is 2.15. The molecule has 1 saturated carbocycles. The van der Waals surface area contributed by atoms with Crippen LogP contribution in [0.4, 0.5) is 0 Å². The summed E-state index contributed by atoms with van der Waals surface area (Å²) in [5.41, 5.74) is 4.22. The summed E-state index contributed by atoms with van der Waals surface area (Å²) in [5.74, 6) is 0.743. The van der Waals surface area contributed by atoms with Crippen LogP contribution >= 0.6 is 11.6 Å². The molecule has 0 aliphatic heterocycles. The van der Waals surface area contributed by atoms with E-state index in [1.165, 1.54) is 19.3 Å². The van der Waals surface area contributed by atoms with Gasteiger partial charge >= 0.3 is 0 Å². The Kier molecular flexibility index (Phi) is 3.28. The lowest BCUT2D eigenvalue weighted by Crippen LogP contribution is -2.23. The van der Waals surface area contributed by atoms with Crippen molar-refractivity contribution in [2.24, 2.45) is 5.92 Å². The Balaban J connectivity index is 1.62. The highest BCUT2D eigenvalue weighted by atomic mass is 35.5. The number of nitrogens with zero attached hydrogens (tertiary/aromatic N) is 5. The third kappa shape index (κ3) is 2.32. The minimum atomic E-state index is 0.209. The van der Waals surface area contributed by atoms with Crippen molar-refractivity contribution in [3.63, 3.8) is 0 Å². The number of halogens is 1. The van der Waals surface area contributed by atoms with Gasteiger partial charge in [0, 0.05) is 10.9 Å². The number of aromatic amines is 1. The van der Waals surface area contributed by atoms with E-state index in [2.05, 4.69) is 54.8 Å². The molecule has 0 bridgehead atoms. The van der Waals surface area contributed by atoms with Crippen molar-refractivity contribution >= 4 is 33.7 Å². The van der Waals surface area contributed by atoms with Gasteiger partial charge in [0.1, 0.15) is 11.2 Å². The highest BCUT2D eigenvalue weighted by molar-refractivity contribution is 6.28. The maximum atomic E-state index is 6.07. The van der Waals surface area contributed by atoms with Gasteiger partial charge < -0.3 is 4.98 Å². The number of fused-ring (bicyclic) bond motifs is 2. The van der Waals surface area contributed by atoms with E-state index in [-0.39, 0.29) is 5.28 Å². The molecule has 1 aliphatic rings. The van der Waals surface area contributed by atoms with Crippen LogP contribution in [0.2, 0.25) is 5.28 Å². The minimum absolute atomic E-state index is 0.209. The molecule has 5 rings (SSSR count). The van der Waals surface area contributed by atoms with Crippen LogP contribution in [0.15, 0.2) is 30.7 Å². The Hall–Kier alpha value is -2.47. The monoisotopic (exact) mass is 352 g/mol. The van der Waals surface area contributed by atoms with E-state index in [0.29, 0.717) is 11.7 Å². The predicted octanol–water partition coefficient (Wildman–Crippen LogP) is 4.38. The SMILES string of the molecule is C[C@@H](C1CCC1)n1ncc2cc(-c3nc(Cl)nc4[nH]cnc34)ccc21. The molecule has 4 aromatic rings. The average molecular weight is 353 g/mol. The van der Waals surface area contributed by atoms with Crippen molar-refractivity contribution in [2.75, 3.05) is 0 Å². The van der Waals surface area contributed by atoms with Crippen LogP contribution in [0.5, 0.6) is 0 Å². The maximum Gasteiger partial charge on any atom is 0.225 e. The van der Waals surface area contributed by atoms with Crippen LogP contribution < -0.4 is 0 Å². The number of benzene rings is 1. The van der Waals surface area contributed by atoms with Crippen LogP contribution in [0.1, 0.15) is 32.2 Å². The molecule has 1 N–H and O–H groups in total. The van der Waals surface area contributed by atoms with Crippen LogP contribution in [-0.4, -0.2) is 29.7 Å². The van der Waals surface area contributed by atoms with Crippen LogP contribution in [0.3, 0.4) is 0 Å². The van der Waals surface area contributed by atoms with Gasteiger partial charge in [0.15, 0.2) is 5.65 Å². The fraction of sp³-hybridized carbons (Fsp3) is 0.333. The molecule has 0 amide bonds. The summed E-state index contributed by atoms with van der Waals surface area (Å²) in [4.78, 5) is 15.9. The lowest BCUT2D eigenvalue weighted by Gasteiger charge is -2.31. The number of hydrogen-bond acceptors (Lipinski definition) is 4. The van der Waals surface area contributed by atoms with Gasteiger partial charge in [-0.1, -0.05) is 12.5 Å². The Morgan fingerprint density at radius 1 is 1.28 bits per heavy atom. The Morgan fingerprint density at radius 2 is 2.16 bits per heavy atom. The van der Waals surface area contributed by atoms with Crippen molar-refractivity contribution < 1.29 is 0 Å². The molecule has 6 nitrogen and oxygen atoms in total. The zero-order chi connectivity index (χ0) is 17.0.